The first kappa shape index (κ1) is 14.8. The predicted molar refractivity (Wildman–Crippen MR) is 78.7 cm³/mol. The number of amides is 1. The maximum absolute atomic E-state index is 11.3. The molecule has 0 unspecified atom stereocenters. The minimum atomic E-state index is -0.236. The fourth-order valence-corrected chi connectivity index (χ4v) is 2.89. The van der Waals surface area contributed by atoms with E-state index in [1.165, 1.54) is 0 Å². The largest absolute Gasteiger partial charge is 0.466 e. The van der Waals surface area contributed by atoms with E-state index >= 15 is 0 Å². The van der Waals surface area contributed by atoms with Gasteiger partial charge in [0, 0.05) is 6.54 Å². The number of nitrogens with two attached hydrogens (primary N) is 1. The molecule has 2 N–H and O–H groups in total. The fourth-order valence-electron chi connectivity index (χ4n) is 2.89. The molecule has 0 bridgehead atoms. The van der Waals surface area contributed by atoms with Gasteiger partial charge in [-0.15, -0.1) is 10.2 Å². The molecule has 0 radical (unpaired) electrons. The van der Waals surface area contributed by atoms with Crippen molar-refractivity contribution in [3.8, 4) is 11.5 Å². The highest BCUT2D eigenvalue weighted by atomic mass is 16.4. The Morgan fingerprint density at radius 2 is 2.23 bits per heavy atom. The minimum absolute atomic E-state index is 0.0880. The molecular formula is C15H20N4O3. The Morgan fingerprint density at radius 3 is 2.91 bits per heavy atom. The van der Waals surface area contributed by atoms with E-state index < -0.39 is 0 Å². The van der Waals surface area contributed by atoms with Crippen LogP contribution in [0.4, 0.5) is 0 Å². The Kier molecular flexibility index (Phi) is 3.98. The van der Waals surface area contributed by atoms with E-state index in [9.17, 15) is 4.79 Å². The average Bonchev–Trinajstić information content (AvgIpc) is 3.05. The molecule has 0 aliphatic carbocycles. The predicted octanol–water partition coefficient (Wildman–Crippen LogP) is 1.64. The zero-order valence-electron chi connectivity index (χ0n) is 12.8. The number of aromatic nitrogens is 2. The molecule has 3 rings (SSSR count). The third kappa shape index (κ3) is 3.04. The Bertz CT molecular complexity index is 676. The number of aryl methyl sites for hydroxylation is 2. The molecule has 7 nitrogen and oxygen atoms in total. The lowest BCUT2D eigenvalue weighted by molar-refractivity contribution is -0.123. The molecule has 3 heterocycles. The summed E-state index contributed by atoms with van der Waals surface area (Å²) in [5, 5.41) is 8.18. The van der Waals surface area contributed by atoms with Gasteiger partial charge in [0.25, 0.3) is 5.89 Å². The SMILES string of the molecule is Cc1cc(-c2nnc(CN3CCC[C@@H](C(N)=O)C3)o2)c(C)o1. The van der Waals surface area contributed by atoms with E-state index in [-0.39, 0.29) is 11.8 Å². The first-order valence-electron chi connectivity index (χ1n) is 7.44. The number of hydrogen-bond donors (Lipinski definition) is 1. The molecule has 1 atom stereocenters. The highest BCUT2D eigenvalue weighted by Crippen LogP contribution is 2.26. The Morgan fingerprint density at radius 1 is 1.41 bits per heavy atom. The second kappa shape index (κ2) is 5.92. The highest BCUT2D eigenvalue weighted by Gasteiger charge is 2.25. The van der Waals surface area contributed by atoms with Gasteiger partial charge < -0.3 is 14.6 Å². The van der Waals surface area contributed by atoms with Gasteiger partial charge in [0.2, 0.25) is 11.8 Å². The molecule has 0 spiro atoms. The standard InChI is InChI=1S/C15H20N4O3/c1-9-6-12(10(2)21-9)15-18-17-13(22-15)8-19-5-3-4-11(7-19)14(16)20/h6,11H,3-5,7-8H2,1-2H3,(H2,16,20)/t11-/m1/s1. The van der Waals surface area contributed by atoms with Gasteiger partial charge in [-0.3, -0.25) is 9.69 Å². The highest BCUT2D eigenvalue weighted by molar-refractivity contribution is 5.76. The smallest absolute Gasteiger partial charge is 0.251 e. The van der Waals surface area contributed by atoms with Crippen molar-refractivity contribution in [1.82, 2.24) is 15.1 Å². The number of rotatable bonds is 4. The van der Waals surface area contributed by atoms with Gasteiger partial charge in [0.1, 0.15) is 11.5 Å². The van der Waals surface area contributed by atoms with Crippen LogP contribution >= 0.6 is 0 Å². The van der Waals surface area contributed by atoms with Gasteiger partial charge >= 0.3 is 0 Å². The van der Waals surface area contributed by atoms with E-state index in [4.69, 9.17) is 14.6 Å². The van der Waals surface area contributed by atoms with Crippen molar-refractivity contribution in [3.05, 3.63) is 23.5 Å². The van der Waals surface area contributed by atoms with Crippen LogP contribution in [0.2, 0.25) is 0 Å². The molecule has 0 aromatic carbocycles. The molecule has 7 heteroatoms. The Balaban J connectivity index is 1.69. The van der Waals surface area contributed by atoms with Crippen molar-refractivity contribution in [3.63, 3.8) is 0 Å². The summed E-state index contributed by atoms with van der Waals surface area (Å²) in [6, 6.07) is 1.89. The van der Waals surface area contributed by atoms with Crippen LogP contribution in [0.25, 0.3) is 11.5 Å². The van der Waals surface area contributed by atoms with Crippen molar-refractivity contribution < 1.29 is 13.6 Å². The maximum Gasteiger partial charge on any atom is 0.251 e. The lowest BCUT2D eigenvalue weighted by Crippen LogP contribution is -2.40. The number of nitrogens with zero attached hydrogens (tertiary/aromatic N) is 3. The second-order valence-electron chi connectivity index (χ2n) is 5.80. The zero-order chi connectivity index (χ0) is 15.7. The van der Waals surface area contributed by atoms with Crippen LogP contribution in [-0.2, 0) is 11.3 Å². The monoisotopic (exact) mass is 304 g/mol. The molecule has 1 amide bonds. The fraction of sp³-hybridized carbons (Fsp3) is 0.533. The van der Waals surface area contributed by atoms with Gasteiger partial charge in [-0.1, -0.05) is 0 Å². The summed E-state index contributed by atoms with van der Waals surface area (Å²) in [7, 11) is 0. The Labute approximate surface area is 128 Å². The third-order valence-corrected chi connectivity index (χ3v) is 4.00. The minimum Gasteiger partial charge on any atom is -0.466 e. The summed E-state index contributed by atoms with van der Waals surface area (Å²) in [6.45, 7) is 5.84. The molecule has 0 saturated carbocycles. The van der Waals surface area contributed by atoms with Gasteiger partial charge in [-0.05, 0) is 39.3 Å². The van der Waals surface area contributed by atoms with E-state index in [1.54, 1.807) is 0 Å². The third-order valence-electron chi connectivity index (χ3n) is 4.00. The van der Waals surface area contributed by atoms with E-state index in [0.717, 1.165) is 36.5 Å². The van der Waals surface area contributed by atoms with Gasteiger partial charge in [0.05, 0.1) is 18.0 Å². The molecular weight excluding hydrogens is 284 g/mol. The van der Waals surface area contributed by atoms with Crippen LogP contribution < -0.4 is 5.73 Å². The van der Waals surface area contributed by atoms with E-state index in [2.05, 4.69) is 15.1 Å². The normalized spacial score (nSPS) is 19.5. The Hall–Kier alpha value is -2.15. The van der Waals surface area contributed by atoms with E-state index in [1.807, 2.05) is 19.9 Å². The van der Waals surface area contributed by atoms with Crippen molar-refractivity contribution in [2.45, 2.75) is 33.2 Å². The van der Waals surface area contributed by atoms with Crippen LogP contribution in [0.3, 0.4) is 0 Å². The summed E-state index contributed by atoms with van der Waals surface area (Å²) in [5.41, 5.74) is 6.22. The molecule has 118 valence electrons. The molecule has 1 saturated heterocycles. The molecule has 1 aliphatic heterocycles. The number of carbonyl (C=O) groups excluding carboxylic acids is 1. The van der Waals surface area contributed by atoms with Crippen molar-refractivity contribution in [1.29, 1.82) is 0 Å². The first-order valence-corrected chi connectivity index (χ1v) is 7.44. The average molecular weight is 304 g/mol. The van der Waals surface area contributed by atoms with Crippen LogP contribution in [0.1, 0.15) is 30.3 Å². The van der Waals surface area contributed by atoms with Crippen LogP contribution in [-0.4, -0.2) is 34.1 Å². The summed E-state index contributed by atoms with van der Waals surface area (Å²) in [6.07, 6.45) is 1.81. The van der Waals surface area contributed by atoms with Crippen molar-refractivity contribution in [2.24, 2.45) is 11.7 Å². The molecule has 2 aromatic rings. The number of likely N-dealkylation sites (tertiary alicyclic amines) is 1. The topological polar surface area (TPSA) is 98.4 Å². The number of hydrogen-bond acceptors (Lipinski definition) is 6. The summed E-state index contributed by atoms with van der Waals surface area (Å²) >= 11 is 0. The van der Waals surface area contributed by atoms with Crippen LogP contribution in [0.15, 0.2) is 14.9 Å². The summed E-state index contributed by atoms with van der Waals surface area (Å²) in [4.78, 5) is 13.4. The quantitative estimate of drug-likeness (QED) is 0.922. The lowest BCUT2D eigenvalue weighted by atomic mass is 9.97. The number of carbonyl (C=O) groups is 1. The van der Waals surface area contributed by atoms with Crippen LogP contribution in [0.5, 0.6) is 0 Å². The van der Waals surface area contributed by atoms with Crippen molar-refractivity contribution in [2.75, 3.05) is 13.1 Å². The molecule has 2 aromatic heterocycles. The zero-order valence-corrected chi connectivity index (χ0v) is 12.8. The number of piperidine rings is 1. The molecule has 1 fully saturated rings. The van der Waals surface area contributed by atoms with Gasteiger partial charge in [-0.25, -0.2) is 0 Å². The number of primary amides is 1. The second-order valence-corrected chi connectivity index (χ2v) is 5.80. The summed E-state index contributed by atoms with van der Waals surface area (Å²) < 4.78 is 11.2. The molecule has 1 aliphatic rings. The number of furan rings is 1. The van der Waals surface area contributed by atoms with Crippen LogP contribution in [0, 0.1) is 19.8 Å². The lowest BCUT2D eigenvalue weighted by Gasteiger charge is -2.29. The first-order chi connectivity index (χ1) is 10.5. The summed E-state index contributed by atoms with van der Waals surface area (Å²) in [5.74, 6) is 2.26. The molecule has 22 heavy (non-hydrogen) atoms. The van der Waals surface area contributed by atoms with Crippen molar-refractivity contribution >= 4 is 5.91 Å². The van der Waals surface area contributed by atoms with Gasteiger partial charge in [-0.2, -0.15) is 0 Å². The van der Waals surface area contributed by atoms with Gasteiger partial charge in [0.15, 0.2) is 0 Å². The maximum atomic E-state index is 11.3. The van der Waals surface area contributed by atoms with E-state index in [0.29, 0.717) is 24.9 Å².